The van der Waals surface area contributed by atoms with Gasteiger partial charge in [0.2, 0.25) is 0 Å². The summed E-state index contributed by atoms with van der Waals surface area (Å²) in [4.78, 5) is 24.4. The second kappa shape index (κ2) is 7.59. The predicted octanol–water partition coefficient (Wildman–Crippen LogP) is 5.87. The number of rotatable bonds is 6. The van der Waals surface area contributed by atoms with Crippen molar-refractivity contribution in [2.24, 2.45) is 17.3 Å². The first-order valence-corrected chi connectivity index (χ1v) is 11.6. The molecular formula is C25H25BrN2O3. The third kappa shape index (κ3) is 3.61. The first-order valence-electron chi connectivity index (χ1n) is 10.8. The zero-order valence-corrected chi connectivity index (χ0v) is 19.0. The van der Waals surface area contributed by atoms with Crippen LogP contribution in [0, 0.1) is 17.3 Å². The number of fused-ring (bicyclic) bond motifs is 1. The summed E-state index contributed by atoms with van der Waals surface area (Å²) in [6.45, 7) is 2.10. The molecule has 0 amide bonds. The van der Waals surface area contributed by atoms with Gasteiger partial charge < -0.3 is 5.11 Å². The summed E-state index contributed by atoms with van der Waals surface area (Å²) in [5.74, 6) is -0.341. The maximum atomic E-state index is 13.3. The van der Waals surface area contributed by atoms with E-state index in [2.05, 4.69) is 40.1 Å². The first kappa shape index (κ1) is 20.4. The number of benzene rings is 2. The lowest BCUT2D eigenvalue weighted by molar-refractivity contribution is -0.157. The van der Waals surface area contributed by atoms with Gasteiger partial charge >= 0.3 is 5.97 Å². The minimum atomic E-state index is -0.676. The number of carbonyl (C=O) groups is 2. The summed E-state index contributed by atoms with van der Waals surface area (Å²) in [6.07, 6.45) is 5.87. The van der Waals surface area contributed by atoms with Crippen LogP contribution in [-0.4, -0.2) is 26.6 Å². The van der Waals surface area contributed by atoms with Crippen molar-refractivity contribution in [3.05, 3.63) is 64.3 Å². The molecule has 5 nitrogen and oxygen atoms in total. The zero-order chi connectivity index (χ0) is 21.8. The van der Waals surface area contributed by atoms with E-state index in [9.17, 15) is 9.59 Å². The minimum Gasteiger partial charge on any atom is -0.481 e. The van der Waals surface area contributed by atoms with E-state index in [1.54, 1.807) is 0 Å². The average Bonchev–Trinajstić information content (AvgIpc) is 3.12. The SMILES string of the molecule is CC(c1ccc(Br)cc1)n1ncc2cccc(C(=O)CC3CC4(C3)CC(C(=O)O)C4)c21. The summed E-state index contributed by atoms with van der Waals surface area (Å²) < 4.78 is 2.99. The molecule has 1 N–H and O–H groups in total. The van der Waals surface area contributed by atoms with Crippen LogP contribution < -0.4 is 0 Å². The number of aromatic nitrogens is 2. The summed E-state index contributed by atoms with van der Waals surface area (Å²) in [6, 6.07) is 14.0. The Morgan fingerprint density at radius 2 is 1.87 bits per heavy atom. The molecule has 0 bridgehead atoms. The van der Waals surface area contributed by atoms with Crippen molar-refractivity contribution < 1.29 is 14.7 Å². The molecule has 1 spiro atoms. The van der Waals surface area contributed by atoms with E-state index in [0.717, 1.165) is 52.2 Å². The summed E-state index contributed by atoms with van der Waals surface area (Å²) in [7, 11) is 0. The van der Waals surface area contributed by atoms with Gasteiger partial charge in [0.05, 0.1) is 23.7 Å². The number of aliphatic carboxylic acids is 1. The van der Waals surface area contributed by atoms with Gasteiger partial charge in [-0.15, -0.1) is 0 Å². The van der Waals surface area contributed by atoms with E-state index in [1.807, 2.05) is 41.2 Å². The monoisotopic (exact) mass is 480 g/mol. The van der Waals surface area contributed by atoms with Crippen molar-refractivity contribution in [3.8, 4) is 0 Å². The molecule has 2 fully saturated rings. The van der Waals surface area contributed by atoms with Crippen LogP contribution in [0.15, 0.2) is 53.1 Å². The van der Waals surface area contributed by atoms with Crippen molar-refractivity contribution in [3.63, 3.8) is 0 Å². The highest BCUT2D eigenvalue weighted by Crippen LogP contribution is 2.62. The van der Waals surface area contributed by atoms with Crippen LogP contribution in [0.3, 0.4) is 0 Å². The Hall–Kier alpha value is -2.47. The summed E-state index contributed by atoms with van der Waals surface area (Å²) >= 11 is 3.48. The Morgan fingerprint density at radius 3 is 2.55 bits per heavy atom. The third-order valence-corrected chi connectivity index (χ3v) is 7.79. The molecule has 0 saturated heterocycles. The molecule has 1 unspecified atom stereocenters. The molecule has 5 rings (SSSR count). The highest BCUT2D eigenvalue weighted by molar-refractivity contribution is 9.10. The van der Waals surface area contributed by atoms with Crippen molar-refractivity contribution in [1.29, 1.82) is 0 Å². The summed E-state index contributed by atoms with van der Waals surface area (Å²) in [5, 5.41) is 14.7. The van der Waals surface area contributed by atoms with Crippen molar-refractivity contribution in [1.82, 2.24) is 9.78 Å². The smallest absolute Gasteiger partial charge is 0.306 e. The number of carbonyl (C=O) groups excluding carboxylic acids is 1. The van der Waals surface area contributed by atoms with Gasteiger partial charge in [-0.3, -0.25) is 14.3 Å². The minimum absolute atomic E-state index is 0.00875. The standard InChI is InChI=1S/C25H25BrN2O3/c1-15(17-5-7-20(26)8-6-17)28-23-18(14-27-28)3-2-4-21(23)22(29)9-16-10-25(11-16)12-19(13-25)24(30)31/h2-8,14-16,19H,9-13H2,1H3,(H,30,31). The molecule has 2 aliphatic rings. The maximum absolute atomic E-state index is 13.3. The highest BCUT2D eigenvalue weighted by atomic mass is 79.9. The molecule has 3 aromatic rings. The maximum Gasteiger partial charge on any atom is 0.306 e. The Balaban J connectivity index is 1.34. The van der Waals surface area contributed by atoms with Crippen molar-refractivity contribution in [2.45, 2.75) is 45.1 Å². The Labute approximate surface area is 189 Å². The van der Waals surface area contributed by atoms with Crippen molar-refractivity contribution in [2.75, 3.05) is 0 Å². The molecule has 1 heterocycles. The number of para-hydroxylation sites is 1. The normalized spacial score (nSPS) is 25.7. The number of carboxylic acids is 1. The van der Waals surface area contributed by atoms with E-state index in [-0.39, 0.29) is 23.2 Å². The fourth-order valence-electron chi connectivity index (χ4n) is 5.68. The number of hydrogen-bond acceptors (Lipinski definition) is 3. The van der Waals surface area contributed by atoms with Gasteiger partial charge in [-0.1, -0.05) is 40.2 Å². The van der Waals surface area contributed by atoms with Gasteiger partial charge in [-0.2, -0.15) is 5.10 Å². The van der Waals surface area contributed by atoms with Gasteiger partial charge in [0.1, 0.15) is 0 Å². The summed E-state index contributed by atoms with van der Waals surface area (Å²) in [5.41, 5.74) is 2.95. The molecule has 0 radical (unpaired) electrons. The molecule has 160 valence electrons. The fourth-order valence-corrected chi connectivity index (χ4v) is 5.94. The quantitative estimate of drug-likeness (QED) is 0.447. The van der Waals surface area contributed by atoms with Gasteiger partial charge in [0.15, 0.2) is 5.78 Å². The Kier molecular flexibility index (Phi) is 5.00. The Bertz CT molecular complexity index is 1150. The van der Waals surface area contributed by atoms with E-state index in [1.165, 1.54) is 0 Å². The average molecular weight is 481 g/mol. The number of nitrogens with zero attached hydrogens (tertiary/aromatic N) is 2. The number of carboxylic acid groups (broad SMARTS) is 1. The van der Waals surface area contributed by atoms with Gasteiger partial charge in [-0.25, -0.2) is 0 Å². The second-order valence-corrected chi connectivity index (χ2v) is 10.3. The predicted molar refractivity (Wildman–Crippen MR) is 122 cm³/mol. The van der Waals surface area contributed by atoms with Crippen LogP contribution in [-0.2, 0) is 4.79 Å². The number of ketones is 1. The van der Waals surface area contributed by atoms with Crippen molar-refractivity contribution >= 4 is 38.6 Å². The fraction of sp³-hybridized carbons (Fsp3) is 0.400. The van der Waals surface area contributed by atoms with E-state index < -0.39 is 5.97 Å². The van der Waals surface area contributed by atoms with E-state index >= 15 is 0 Å². The van der Waals surface area contributed by atoms with Crippen LogP contribution in [0.25, 0.3) is 10.9 Å². The van der Waals surface area contributed by atoms with Crippen LogP contribution in [0.2, 0.25) is 0 Å². The highest BCUT2D eigenvalue weighted by Gasteiger charge is 2.54. The van der Waals surface area contributed by atoms with Crippen LogP contribution in [0.1, 0.15) is 61.0 Å². The molecule has 1 atom stereocenters. The van der Waals surface area contributed by atoms with E-state index in [4.69, 9.17) is 5.11 Å². The number of halogens is 1. The largest absolute Gasteiger partial charge is 0.481 e. The molecule has 2 aromatic carbocycles. The first-order chi connectivity index (χ1) is 14.8. The molecule has 1 aromatic heterocycles. The lowest BCUT2D eigenvalue weighted by Gasteiger charge is -2.56. The number of hydrogen-bond donors (Lipinski definition) is 1. The molecule has 0 aliphatic heterocycles. The van der Waals surface area contributed by atoms with Gasteiger partial charge in [0.25, 0.3) is 0 Å². The topological polar surface area (TPSA) is 72.2 Å². The van der Waals surface area contributed by atoms with E-state index in [0.29, 0.717) is 12.3 Å². The van der Waals surface area contributed by atoms with Gasteiger partial charge in [0, 0.05) is 21.8 Å². The van der Waals surface area contributed by atoms with Crippen LogP contribution in [0.5, 0.6) is 0 Å². The third-order valence-electron chi connectivity index (χ3n) is 7.26. The zero-order valence-electron chi connectivity index (χ0n) is 17.4. The number of Topliss-reactive ketones (excluding diaryl/α,β-unsaturated/α-hetero) is 1. The van der Waals surface area contributed by atoms with Crippen LogP contribution in [0.4, 0.5) is 0 Å². The van der Waals surface area contributed by atoms with Crippen LogP contribution >= 0.6 is 15.9 Å². The Morgan fingerprint density at radius 1 is 1.16 bits per heavy atom. The molecule has 2 saturated carbocycles. The molecule has 2 aliphatic carbocycles. The molecule has 31 heavy (non-hydrogen) atoms. The lowest BCUT2D eigenvalue weighted by atomic mass is 9.47. The molecular weight excluding hydrogens is 456 g/mol. The molecule has 6 heteroatoms. The second-order valence-electron chi connectivity index (χ2n) is 9.41. The lowest BCUT2D eigenvalue weighted by Crippen LogP contribution is -2.50. The van der Waals surface area contributed by atoms with Gasteiger partial charge in [-0.05, 0) is 67.7 Å².